The lowest BCUT2D eigenvalue weighted by Gasteiger charge is -2.04. The maximum Gasteiger partial charge on any atom is 0.228 e. The van der Waals surface area contributed by atoms with Gasteiger partial charge in [0.1, 0.15) is 5.82 Å². The molecule has 0 aliphatic rings. The fourth-order valence-corrected chi connectivity index (χ4v) is 2.22. The monoisotopic (exact) mass is 325 g/mol. The zero-order chi connectivity index (χ0) is 13.4. The van der Waals surface area contributed by atoms with Crippen molar-refractivity contribution in [2.75, 3.05) is 5.73 Å². The molecule has 98 valence electrons. The van der Waals surface area contributed by atoms with E-state index in [0.29, 0.717) is 34.8 Å². The van der Waals surface area contributed by atoms with Gasteiger partial charge >= 0.3 is 0 Å². The molecule has 0 unspecified atom stereocenters. The van der Waals surface area contributed by atoms with E-state index >= 15 is 0 Å². The molecule has 0 fully saturated rings. The molecule has 0 spiro atoms. The summed E-state index contributed by atoms with van der Waals surface area (Å²) in [5, 5.41) is 3.53. The van der Waals surface area contributed by atoms with Gasteiger partial charge in [-0.2, -0.15) is 4.98 Å². The second-order valence-electron chi connectivity index (χ2n) is 3.96. The number of aromatic nitrogens is 4. The van der Waals surface area contributed by atoms with Crippen molar-refractivity contribution in [3.05, 3.63) is 34.6 Å². The molecule has 6 nitrogen and oxygen atoms in total. The normalized spacial score (nSPS) is 11.3. The van der Waals surface area contributed by atoms with Gasteiger partial charge in [0.05, 0.1) is 15.5 Å². The lowest BCUT2D eigenvalue weighted by Crippen LogP contribution is -2.05. The van der Waals surface area contributed by atoms with Crippen LogP contribution in [-0.4, -0.2) is 19.7 Å². The Morgan fingerprint density at radius 2 is 2.26 bits per heavy atom. The van der Waals surface area contributed by atoms with E-state index in [1.165, 1.54) is 12.4 Å². The zero-order valence-electron chi connectivity index (χ0n) is 9.68. The first-order chi connectivity index (χ1) is 9.15. The van der Waals surface area contributed by atoms with Crippen LogP contribution in [0.3, 0.4) is 0 Å². The van der Waals surface area contributed by atoms with E-state index in [1.807, 2.05) is 0 Å². The molecule has 0 aliphatic carbocycles. The molecular weight excluding hydrogens is 317 g/mol. The predicted molar refractivity (Wildman–Crippen MR) is 69.8 cm³/mol. The van der Waals surface area contributed by atoms with Crippen LogP contribution in [0.2, 0.25) is 0 Å². The first kappa shape index (κ1) is 12.1. The van der Waals surface area contributed by atoms with Gasteiger partial charge in [0, 0.05) is 19.0 Å². The number of fused-ring (bicyclic) bond motifs is 1. The van der Waals surface area contributed by atoms with E-state index in [0.717, 1.165) is 5.52 Å². The van der Waals surface area contributed by atoms with Crippen LogP contribution in [0.15, 0.2) is 27.5 Å². The molecule has 0 bridgehead atoms. The molecule has 2 aromatic heterocycles. The van der Waals surface area contributed by atoms with Crippen LogP contribution < -0.4 is 5.73 Å². The third-order valence-electron chi connectivity index (χ3n) is 2.78. The Balaban J connectivity index is 1.98. The summed E-state index contributed by atoms with van der Waals surface area (Å²) in [4.78, 5) is 8.06. The Morgan fingerprint density at radius 3 is 3.00 bits per heavy atom. The van der Waals surface area contributed by atoms with Crippen molar-refractivity contribution >= 4 is 32.9 Å². The minimum Gasteiger partial charge on any atom is -0.369 e. The summed E-state index contributed by atoms with van der Waals surface area (Å²) in [6.07, 6.45) is 1.88. The Morgan fingerprint density at radius 1 is 1.42 bits per heavy atom. The summed E-state index contributed by atoms with van der Waals surface area (Å²) in [5.74, 6) is 0.475. The van der Waals surface area contributed by atoms with Crippen LogP contribution in [0.1, 0.15) is 5.89 Å². The second-order valence-corrected chi connectivity index (χ2v) is 4.82. The molecule has 1 aromatic carbocycles. The number of nitrogens with zero attached hydrogens (tertiary/aromatic N) is 4. The van der Waals surface area contributed by atoms with Crippen molar-refractivity contribution in [2.45, 2.75) is 13.0 Å². The number of halogens is 2. The lowest BCUT2D eigenvalue weighted by atomic mass is 10.3. The SMILES string of the molecule is Nc1nc2cc(F)c(Br)cc2n1CCc1ncno1. The fraction of sp³-hybridized carbons (Fsp3) is 0.182. The molecule has 0 saturated heterocycles. The highest BCUT2D eigenvalue weighted by atomic mass is 79.9. The Hall–Kier alpha value is -1.96. The number of benzene rings is 1. The van der Waals surface area contributed by atoms with Crippen molar-refractivity contribution < 1.29 is 8.91 Å². The number of aryl methyl sites for hydroxylation is 2. The maximum atomic E-state index is 13.4. The Labute approximate surface area is 115 Å². The van der Waals surface area contributed by atoms with E-state index in [2.05, 4.69) is 31.1 Å². The molecule has 2 N–H and O–H groups in total. The Kier molecular flexibility index (Phi) is 2.94. The highest BCUT2D eigenvalue weighted by molar-refractivity contribution is 9.10. The molecule has 0 radical (unpaired) electrons. The van der Waals surface area contributed by atoms with Crippen molar-refractivity contribution in [1.82, 2.24) is 19.7 Å². The third-order valence-corrected chi connectivity index (χ3v) is 3.38. The summed E-state index contributed by atoms with van der Waals surface area (Å²) < 4.78 is 20.5. The smallest absolute Gasteiger partial charge is 0.228 e. The molecule has 0 atom stereocenters. The molecule has 0 aliphatic heterocycles. The van der Waals surface area contributed by atoms with Crippen LogP contribution >= 0.6 is 15.9 Å². The molecule has 2 heterocycles. The van der Waals surface area contributed by atoms with Crippen LogP contribution in [0.5, 0.6) is 0 Å². The molecule has 3 rings (SSSR count). The van der Waals surface area contributed by atoms with Gasteiger partial charge in [-0.05, 0) is 22.0 Å². The quantitative estimate of drug-likeness (QED) is 0.797. The van der Waals surface area contributed by atoms with Gasteiger partial charge in [0.15, 0.2) is 6.33 Å². The number of nitrogen functional groups attached to an aromatic ring is 1. The number of imidazole rings is 1. The largest absolute Gasteiger partial charge is 0.369 e. The summed E-state index contributed by atoms with van der Waals surface area (Å²) in [6, 6.07) is 3.00. The topological polar surface area (TPSA) is 82.8 Å². The molecule has 19 heavy (non-hydrogen) atoms. The van der Waals surface area contributed by atoms with E-state index < -0.39 is 0 Å². The average Bonchev–Trinajstić information content (AvgIpc) is 2.96. The fourth-order valence-electron chi connectivity index (χ4n) is 1.89. The summed E-state index contributed by atoms with van der Waals surface area (Å²) in [5.41, 5.74) is 7.11. The minimum atomic E-state index is -0.367. The predicted octanol–water partition coefficient (Wildman–Crippen LogP) is 2.15. The Bertz CT molecular complexity index is 724. The van der Waals surface area contributed by atoms with Crippen LogP contribution in [0.4, 0.5) is 10.3 Å². The highest BCUT2D eigenvalue weighted by Gasteiger charge is 2.12. The number of rotatable bonds is 3. The zero-order valence-corrected chi connectivity index (χ0v) is 11.3. The second kappa shape index (κ2) is 4.61. The van der Waals surface area contributed by atoms with Crippen molar-refractivity contribution in [3.8, 4) is 0 Å². The van der Waals surface area contributed by atoms with E-state index in [9.17, 15) is 4.39 Å². The standard InChI is InChI=1S/C11H9BrFN5O/c12-6-3-9-8(4-7(6)13)17-11(14)18(9)2-1-10-15-5-16-19-10/h3-5H,1-2H2,(H2,14,17). The molecule has 0 amide bonds. The van der Waals surface area contributed by atoms with Crippen molar-refractivity contribution in [2.24, 2.45) is 0 Å². The third kappa shape index (κ3) is 2.19. The van der Waals surface area contributed by atoms with Crippen molar-refractivity contribution in [1.29, 1.82) is 0 Å². The molecular formula is C11H9BrFN5O. The van der Waals surface area contributed by atoms with Crippen LogP contribution in [0, 0.1) is 5.82 Å². The van der Waals surface area contributed by atoms with Gasteiger partial charge < -0.3 is 14.8 Å². The van der Waals surface area contributed by atoms with Gasteiger partial charge in [-0.3, -0.25) is 0 Å². The summed E-state index contributed by atoms with van der Waals surface area (Å²) in [6.45, 7) is 0.530. The van der Waals surface area contributed by atoms with Crippen molar-refractivity contribution in [3.63, 3.8) is 0 Å². The van der Waals surface area contributed by atoms with Crippen LogP contribution in [-0.2, 0) is 13.0 Å². The molecule has 0 saturated carbocycles. The molecule has 8 heteroatoms. The lowest BCUT2D eigenvalue weighted by molar-refractivity contribution is 0.372. The van der Waals surface area contributed by atoms with Gasteiger partial charge in [-0.15, -0.1) is 0 Å². The first-order valence-corrected chi connectivity index (χ1v) is 6.31. The van der Waals surface area contributed by atoms with E-state index in [-0.39, 0.29) is 5.82 Å². The first-order valence-electron chi connectivity index (χ1n) is 5.51. The highest BCUT2D eigenvalue weighted by Crippen LogP contribution is 2.25. The summed E-state index contributed by atoms with van der Waals surface area (Å²) in [7, 11) is 0. The van der Waals surface area contributed by atoms with Gasteiger partial charge in [0.2, 0.25) is 11.8 Å². The number of hydrogen-bond acceptors (Lipinski definition) is 5. The van der Waals surface area contributed by atoms with Gasteiger partial charge in [0.25, 0.3) is 0 Å². The van der Waals surface area contributed by atoms with E-state index in [1.54, 1.807) is 10.6 Å². The minimum absolute atomic E-state index is 0.326. The number of nitrogens with two attached hydrogens (primary N) is 1. The van der Waals surface area contributed by atoms with Gasteiger partial charge in [-0.1, -0.05) is 5.16 Å². The summed E-state index contributed by atoms with van der Waals surface area (Å²) >= 11 is 3.15. The van der Waals surface area contributed by atoms with Crippen LogP contribution in [0.25, 0.3) is 11.0 Å². The van der Waals surface area contributed by atoms with E-state index in [4.69, 9.17) is 10.3 Å². The molecule has 3 aromatic rings. The number of hydrogen-bond donors (Lipinski definition) is 1. The maximum absolute atomic E-state index is 13.4. The van der Waals surface area contributed by atoms with Gasteiger partial charge in [-0.25, -0.2) is 9.37 Å². The average molecular weight is 326 g/mol. The number of anilines is 1.